The standard InChI is InChI=1S/C24H54N4/c1-2-3-4-5-6-7-8-9-10-11-12-13-19-27-23-17-24-28-21-15-14-20-26-22-16-18-25/h26-28H,2-25H2,1H3. The molecule has 0 aromatic carbocycles. The summed E-state index contributed by atoms with van der Waals surface area (Å²) >= 11 is 0. The van der Waals surface area contributed by atoms with E-state index in [1.54, 1.807) is 0 Å². The molecule has 0 fully saturated rings. The maximum absolute atomic E-state index is 5.47. The summed E-state index contributed by atoms with van der Waals surface area (Å²) in [5, 5.41) is 10.6. The fraction of sp³-hybridized carbons (Fsp3) is 1.00. The lowest BCUT2D eigenvalue weighted by molar-refractivity contribution is 0.527. The molecule has 0 unspecified atom stereocenters. The first kappa shape index (κ1) is 27.8. The SMILES string of the molecule is CCCCCCCCCCCCCCNCCCNCCCCNCCCN. The van der Waals surface area contributed by atoms with Crippen LogP contribution in [-0.2, 0) is 0 Å². The molecule has 0 aromatic heterocycles. The second-order valence-corrected chi connectivity index (χ2v) is 8.34. The van der Waals surface area contributed by atoms with Gasteiger partial charge in [0, 0.05) is 0 Å². The van der Waals surface area contributed by atoms with E-state index in [0.717, 1.165) is 45.7 Å². The van der Waals surface area contributed by atoms with Crippen LogP contribution in [-0.4, -0.2) is 45.8 Å². The molecule has 0 aromatic rings. The third-order valence-corrected chi connectivity index (χ3v) is 5.43. The van der Waals surface area contributed by atoms with Crippen molar-refractivity contribution in [2.75, 3.05) is 45.8 Å². The molecule has 170 valence electrons. The lowest BCUT2D eigenvalue weighted by atomic mass is 10.1. The van der Waals surface area contributed by atoms with Gasteiger partial charge in [-0.2, -0.15) is 0 Å². The minimum absolute atomic E-state index is 0.794. The van der Waals surface area contributed by atoms with Gasteiger partial charge in [-0.05, 0) is 77.9 Å². The van der Waals surface area contributed by atoms with Crippen molar-refractivity contribution < 1.29 is 0 Å². The molecule has 0 aliphatic rings. The average molecular weight is 399 g/mol. The molecule has 0 bridgehead atoms. The first-order valence-electron chi connectivity index (χ1n) is 12.7. The van der Waals surface area contributed by atoms with Gasteiger partial charge in [0.2, 0.25) is 0 Å². The first-order valence-corrected chi connectivity index (χ1v) is 12.7. The van der Waals surface area contributed by atoms with E-state index in [9.17, 15) is 0 Å². The lowest BCUT2D eigenvalue weighted by Gasteiger charge is -2.07. The predicted molar refractivity (Wildman–Crippen MR) is 127 cm³/mol. The third-order valence-electron chi connectivity index (χ3n) is 5.43. The Morgan fingerprint density at radius 1 is 0.393 bits per heavy atom. The predicted octanol–water partition coefficient (Wildman–Crippen LogP) is 4.98. The van der Waals surface area contributed by atoms with E-state index >= 15 is 0 Å². The molecular weight excluding hydrogens is 344 g/mol. The minimum Gasteiger partial charge on any atom is -0.330 e. The summed E-state index contributed by atoms with van der Waals surface area (Å²) < 4.78 is 0. The van der Waals surface area contributed by atoms with Crippen LogP contribution in [0.25, 0.3) is 0 Å². The monoisotopic (exact) mass is 398 g/mol. The van der Waals surface area contributed by atoms with Crippen molar-refractivity contribution in [2.45, 2.75) is 110 Å². The maximum Gasteiger partial charge on any atom is -0.00368 e. The van der Waals surface area contributed by atoms with Crippen molar-refractivity contribution in [1.29, 1.82) is 0 Å². The van der Waals surface area contributed by atoms with E-state index in [-0.39, 0.29) is 0 Å². The Kier molecular flexibility index (Phi) is 26.7. The topological polar surface area (TPSA) is 62.1 Å². The summed E-state index contributed by atoms with van der Waals surface area (Å²) in [6, 6.07) is 0. The molecule has 0 radical (unpaired) electrons. The Morgan fingerprint density at radius 3 is 1.14 bits per heavy atom. The number of hydrogen-bond donors (Lipinski definition) is 4. The van der Waals surface area contributed by atoms with E-state index in [4.69, 9.17) is 5.73 Å². The van der Waals surface area contributed by atoms with Crippen molar-refractivity contribution >= 4 is 0 Å². The van der Waals surface area contributed by atoms with E-state index < -0.39 is 0 Å². The van der Waals surface area contributed by atoms with Gasteiger partial charge in [0.05, 0.1) is 0 Å². The molecule has 4 heteroatoms. The molecule has 5 N–H and O–H groups in total. The van der Waals surface area contributed by atoms with Crippen LogP contribution >= 0.6 is 0 Å². The van der Waals surface area contributed by atoms with E-state index in [1.807, 2.05) is 0 Å². The zero-order chi connectivity index (χ0) is 20.4. The highest BCUT2D eigenvalue weighted by Gasteiger charge is 1.94. The zero-order valence-corrected chi connectivity index (χ0v) is 19.3. The number of unbranched alkanes of at least 4 members (excludes halogenated alkanes) is 12. The molecule has 0 atom stereocenters. The molecule has 0 saturated heterocycles. The van der Waals surface area contributed by atoms with Crippen LogP contribution in [0.2, 0.25) is 0 Å². The van der Waals surface area contributed by atoms with Gasteiger partial charge in [-0.25, -0.2) is 0 Å². The second kappa shape index (κ2) is 26.8. The van der Waals surface area contributed by atoms with E-state index in [0.29, 0.717) is 0 Å². The van der Waals surface area contributed by atoms with Gasteiger partial charge in [0.15, 0.2) is 0 Å². The van der Waals surface area contributed by atoms with Crippen LogP contribution < -0.4 is 21.7 Å². The Labute approximate surface area is 177 Å². The van der Waals surface area contributed by atoms with Gasteiger partial charge in [-0.1, -0.05) is 77.6 Å². The Bertz CT molecular complexity index is 235. The van der Waals surface area contributed by atoms with Crippen LogP contribution in [0.1, 0.15) is 110 Å². The van der Waals surface area contributed by atoms with Crippen LogP contribution in [0.3, 0.4) is 0 Å². The van der Waals surface area contributed by atoms with Crippen molar-refractivity contribution in [2.24, 2.45) is 5.73 Å². The lowest BCUT2D eigenvalue weighted by Crippen LogP contribution is -2.24. The smallest absolute Gasteiger partial charge is 0.00368 e. The van der Waals surface area contributed by atoms with Crippen molar-refractivity contribution in [1.82, 2.24) is 16.0 Å². The van der Waals surface area contributed by atoms with Gasteiger partial charge in [-0.3, -0.25) is 0 Å². The number of nitrogens with two attached hydrogens (primary N) is 1. The van der Waals surface area contributed by atoms with Gasteiger partial charge >= 0.3 is 0 Å². The van der Waals surface area contributed by atoms with Gasteiger partial charge < -0.3 is 21.7 Å². The highest BCUT2D eigenvalue weighted by atomic mass is 14.9. The number of nitrogens with one attached hydrogen (secondary N) is 3. The summed E-state index contributed by atoms with van der Waals surface area (Å²) in [6.45, 7) is 9.93. The number of rotatable bonds is 25. The van der Waals surface area contributed by atoms with Crippen LogP contribution in [0, 0.1) is 0 Å². The molecule has 0 spiro atoms. The van der Waals surface area contributed by atoms with Gasteiger partial charge in [0.25, 0.3) is 0 Å². The van der Waals surface area contributed by atoms with Crippen LogP contribution in [0.15, 0.2) is 0 Å². The van der Waals surface area contributed by atoms with E-state index in [2.05, 4.69) is 22.9 Å². The largest absolute Gasteiger partial charge is 0.330 e. The fourth-order valence-corrected chi connectivity index (χ4v) is 3.53. The molecule has 4 nitrogen and oxygen atoms in total. The Hall–Kier alpha value is -0.160. The average Bonchev–Trinajstić information content (AvgIpc) is 2.71. The molecule has 0 heterocycles. The second-order valence-electron chi connectivity index (χ2n) is 8.34. The van der Waals surface area contributed by atoms with E-state index in [1.165, 1.54) is 103 Å². The number of hydrogen-bond acceptors (Lipinski definition) is 4. The van der Waals surface area contributed by atoms with Gasteiger partial charge in [-0.15, -0.1) is 0 Å². The summed E-state index contributed by atoms with van der Waals surface area (Å²) in [7, 11) is 0. The fourth-order valence-electron chi connectivity index (χ4n) is 3.53. The molecule has 28 heavy (non-hydrogen) atoms. The molecule has 0 aliphatic heterocycles. The highest BCUT2D eigenvalue weighted by molar-refractivity contribution is 4.55. The molecular formula is C24H54N4. The molecule has 0 rings (SSSR count). The molecule has 0 saturated carbocycles. The highest BCUT2D eigenvalue weighted by Crippen LogP contribution is 2.11. The Morgan fingerprint density at radius 2 is 0.714 bits per heavy atom. The van der Waals surface area contributed by atoms with Crippen molar-refractivity contribution in [3.8, 4) is 0 Å². The normalized spacial score (nSPS) is 11.4. The Balaban J connectivity index is 2.96. The van der Waals surface area contributed by atoms with Crippen molar-refractivity contribution in [3.05, 3.63) is 0 Å². The van der Waals surface area contributed by atoms with Crippen molar-refractivity contribution in [3.63, 3.8) is 0 Å². The summed E-state index contributed by atoms with van der Waals surface area (Å²) in [5.74, 6) is 0. The minimum atomic E-state index is 0.794. The zero-order valence-electron chi connectivity index (χ0n) is 19.3. The third kappa shape index (κ3) is 25.8. The molecule has 0 aliphatic carbocycles. The van der Waals surface area contributed by atoms with Crippen LogP contribution in [0.4, 0.5) is 0 Å². The summed E-state index contributed by atoms with van der Waals surface area (Å²) in [6.07, 6.45) is 22.0. The summed E-state index contributed by atoms with van der Waals surface area (Å²) in [5.41, 5.74) is 5.47. The van der Waals surface area contributed by atoms with Crippen LogP contribution in [0.5, 0.6) is 0 Å². The van der Waals surface area contributed by atoms with Gasteiger partial charge in [0.1, 0.15) is 0 Å². The molecule has 0 amide bonds. The first-order chi connectivity index (χ1) is 13.9. The summed E-state index contributed by atoms with van der Waals surface area (Å²) in [4.78, 5) is 0. The maximum atomic E-state index is 5.47. The quantitative estimate of drug-likeness (QED) is 0.164.